The molecule has 19 heavy (non-hydrogen) atoms. The molecule has 0 amide bonds. The van der Waals surface area contributed by atoms with Crippen LogP contribution in [-0.2, 0) is 6.18 Å². The summed E-state index contributed by atoms with van der Waals surface area (Å²) < 4.78 is 42.8. The molecule has 0 N–H and O–H groups in total. The zero-order chi connectivity index (χ0) is 14.5. The minimum absolute atomic E-state index is 0.135. The Morgan fingerprint density at radius 3 is 2.53 bits per heavy atom. The van der Waals surface area contributed by atoms with E-state index < -0.39 is 11.7 Å². The Kier molecular flexibility index (Phi) is 4.82. The maximum absolute atomic E-state index is 12.5. The van der Waals surface area contributed by atoms with Crippen molar-refractivity contribution in [3.05, 3.63) is 53.3 Å². The van der Waals surface area contributed by atoms with E-state index in [2.05, 4.69) is 5.92 Å². The van der Waals surface area contributed by atoms with Crippen molar-refractivity contribution in [2.24, 2.45) is 0 Å². The van der Waals surface area contributed by atoms with Crippen LogP contribution in [0.15, 0.2) is 47.7 Å². The molecule has 0 aliphatic rings. The van der Waals surface area contributed by atoms with Crippen molar-refractivity contribution in [1.29, 1.82) is 0 Å². The second-order valence-electron chi connectivity index (χ2n) is 3.90. The first-order valence-corrected chi connectivity index (χ1v) is 5.50. The SMILES string of the molecule is C#C/C(C)=C\C=C(/C)Oc1cccc(C(F)(F)F)c1. The third-order valence-electron chi connectivity index (χ3n) is 2.24. The highest BCUT2D eigenvalue weighted by Crippen LogP contribution is 2.31. The van der Waals surface area contributed by atoms with Crippen molar-refractivity contribution >= 4 is 0 Å². The zero-order valence-electron chi connectivity index (χ0n) is 10.6. The topological polar surface area (TPSA) is 9.23 Å². The van der Waals surface area contributed by atoms with E-state index in [9.17, 15) is 13.2 Å². The van der Waals surface area contributed by atoms with Crippen LogP contribution in [0, 0.1) is 12.3 Å². The number of allylic oxidation sites excluding steroid dienone is 4. The van der Waals surface area contributed by atoms with Crippen LogP contribution in [0.2, 0.25) is 0 Å². The molecule has 0 radical (unpaired) electrons. The number of ether oxygens (including phenoxy) is 1. The summed E-state index contributed by atoms with van der Waals surface area (Å²) >= 11 is 0. The highest BCUT2D eigenvalue weighted by atomic mass is 19.4. The number of rotatable bonds is 3. The van der Waals surface area contributed by atoms with Gasteiger partial charge in [-0.05, 0) is 49.8 Å². The molecule has 0 aliphatic heterocycles. The van der Waals surface area contributed by atoms with Crippen molar-refractivity contribution in [1.82, 2.24) is 0 Å². The van der Waals surface area contributed by atoms with Gasteiger partial charge in [0.05, 0.1) is 5.56 Å². The van der Waals surface area contributed by atoms with E-state index >= 15 is 0 Å². The number of hydrogen-bond donors (Lipinski definition) is 0. The molecule has 0 saturated carbocycles. The summed E-state index contributed by atoms with van der Waals surface area (Å²) in [6.45, 7) is 3.38. The molecule has 0 atom stereocenters. The Hall–Kier alpha value is -2.15. The molecule has 1 nitrogen and oxygen atoms in total. The van der Waals surface area contributed by atoms with Gasteiger partial charge in [-0.3, -0.25) is 0 Å². The van der Waals surface area contributed by atoms with Crippen molar-refractivity contribution in [3.8, 4) is 18.1 Å². The molecule has 0 saturated heterocycles. The summed E-state index contributed by atoms with van der Waals surface area (Å²) in [5.41, 5.74) is -0.0415. The maximum atomic E-state index is 12.5. The Morgan fingerprint density at radius 2 is 1.95 bits per heavy atom. The molecule has 1 aromatic carbocycles. The lowest BCUT2D eigenvalue weighted by Gasteiger charge is -2.09. The van der Waals surface area contributed by atoms with E-state index in [1.165, 1.54) is 12.1 Å². The standard InChI is InChI=1S/C15H13F3O/c1-4-11(2)8-9-12(3)19-14-7-5-6-13(10-14)15(16,17)18/h1,5-10H,2-3H3/b11-8-,12-9+. The molecule has 0 spiro atoms. The number of hydrogen-bond acceptors (Lipinski definition) is 1. The Labute approximate surface area is 110 Å². The van der Waals surface area contributed by atoms with E-state index in [1.807, 2.05) is 0 Å². The van der Waals surface area contributed by atoms with Gasteiger partial charge in [-0.2, -0.15) is 13.2 Å². The third-order valence-corrected chi connectivity index (χ3v) is 2.24. The van der Waals surface area contributed by atoms with Crippen LogP contribution >= 0.6 is 0 Å². The fourth-order valence-electron chi connectivity index (χ4n) is 1.25. The van der Waals surface area contributed by atoms with Gasteiger partial charge in [0.1, 0.15) is 11.5 Å². The number of terminal acetylenes is 1. The fraction of sp³-hybridized carbons (Fsp3) is 0.200. The van der Waals surface area contributed by atoms with E-state index in [-0.39, 0.29) is 5.75 Å². The van der Waals surface area contributed by atoms with Gasteiger partial charge in [-0.15, -0.1) is 6.42 Å². The normalized spacial score (nSPS) is 13.1. The monoisotopic (exact) mass is 266 g/mol. The molecule has 4 heteroatoms. The van der Waals surface area contributed by atoms with Crippen LogP contribution in [0.25, 0.3) is 0 Å². The number of halogens is 3. The van der Waals surface area contributed by atoms with Gasteiger partial charge in [-0.25, -0.2) is 0 Å². The molecule has 0 aromatic heterocycles. The van der Waals surface area contributed by atoms with E-state index in [4.69, 9.17) is 11.2 Å². The first-order valence-electron chi connectivity index (χ1n) is 5.50. The minimum atomic E-state index is -4.38. The number of benzene rings is 1. The van der Waals surface area contributed by atoms with Crippen LogP contribution in [0.3, 0.4) is 0 Å². The number of alkyl halides is 3. The molecule has 0 bridgehead atoms. The molecule has 0 unspecified atom stereocenters. The highest BCUT2D eigenvalue weighted by Gasteiger charge is 2.30. The largest absolute Gasteiger partial charge is 0.462 e. The third kappa shape index (κ3) is 4.92. The summed E-state index contributed by atoms with van der Waals surface area (Å²) in [5, 5.41) is 0. The second kappa shape index (κ2) is 6.14. The Balaban J connectivity index is 2.87. The smallest absolute Gasteiger partial charge is 0.416 e. The minimum Gasteiger partial charge on any atom is -0.462 e. The lowest BCUT2D eigenvalue weighted by Crippen LogP contribution is -2.04. The summed E-state index contributed by atoms with van der Waals surface area (Å²) in [6.07, 6.45) is 4.05. The molecule has 1 aromatic rings. The van der Waals surface area contributed by atoms with Crippen LogP contribution in [0.5, 0.6) is 5.75 Å². The fourth-order valence-corrected chi connectivity index (χ4v) is 1.25. The highest BCUT2D eigenvalue weighted by molar-refractivity contribution is 5.32. The molecular weight excluding hydrogens is 253 g/mol. The van der Waals surface area contributed by atoms with Crippen LogP contribution in [-0.4, -0.2) is 0 Å². The van der Waals surface area contributed by atoms with Crippen molar-refractivity contribution in [3.63, 3.8) is 0 Å². The summed E-state index contributed by atoms with van der Waals surface area (Å²) in [7, 11) is 0. The average Bonchev–Trinajstić information content (AvgIpc) is 2.35. The molecule has 1 rings (SSSR count). The summed E-state index contributed by atoms with van der Waals surface area (Å²) in [4.78, 5) is 0. The quantitative estimate of drug-likeness (QED) is 0.442. The van der Waals surface area contributed by atoms with E-state index in [0.717, 1.165) is 12.1 Å². The predicted molar refractivity (Wildman–Crippen MR) is 68.4 cm³/mol. The molecule has 0 heterocycles. The van der Waals surface area contributed by atoms with Crippen LogP contribution in [0.4, 0.5) is 13.2 Å². The average molecular weight is 266 g/mol. The first-order chi connectivity index (χ1) is 8.82. The van der Waals surface area contributed by atoms with Crippen LogP contribution in [0.1, 0.15) is 19.4 Å². The van der Waals surface area contributed by atoms with Crippen molar-refractivity contribution < 1.29 is 17.9 Å². The van der Waals surface area contributed by atoms with Gasteiger partial charge < -0.3 is 4.74 Å². The zero-order valence-corrected chi connectivity index (χ0v) is 10.6. The molecular formula is C15H13F3O. The van der Waals surface area contributed by atoms with Crippen LogP contribution < -0.4 is 4.74 Å². The lowest BCUT2D eigenvalue weighted by atomic mass is 10.2. The van der Waals surface area contributed by atoms with Gasteiger partial charge in [0.2, 0.25) is 0 Å². The van der Waals surface area contributed by atoms with Crippen molar-refractivity contribution in [2.75, 3.05) is 0 Å². The molecule has 0 aliphatic carbocycles. The van der Waals surface area contributed by atoms with Gasteiger partial charge in [0, 0.05) is 0 Å². The van der Waals surface area contributed by atoms with Gasteiger partial charge >= 0.3 is 6.18 Å². The summed E-state index contributed by atoms with van der Waals surface area (Å²) in [5.74, 6) is 3.01. The van der Waals surface area contributed by atoms with Gasteiger partial charge in [0.15, 0.2) is 0 Å². The first kappa shape index (κ1) is 14.9. The van der Waals surface area contributed by atoms with Gasteiger partial charge in [0.25, 0.3) is 0 Å². The van der Waals surface area contributed by atoms with Crippen molar-refractivity contribution in [2.45, 2.75) is 20.0 Å². The van der Waals surface area contributed by atoms with Gasteiger partial charge in [-0.1, -0.05) is 12.0 Å². The maximum Gasteiger partial charge on any atom is 0.416 e. The Morgan fingerprint density at radius 1 is 1.26 bits per heavy atom. The predicted octanol–water partition coefficient (Wildman–Crippen LogP) is 4.57. The van der Waals surface area contributed by atoms with E-state index in [1.54, 1.807) is 26.0 Å². The lowest BCUT2D eigenvalue weighted by molar-refractivity contribution is -0.137. The molecule has 0 fully saturated rings. The Bertz CT molecular complexity index is 545. The second-order valence-corrected chi connectivity index (χ2v) is 3.90. The van der Waals surface area contributed by atoms with E-state index in [0.29, 0.717) is 11.3 Å². The summed E-state index contributed by atoms with van der Waals surface area (Å²) in [6, 6.07) is 4.71. The molecule has 100 valence electrons.